The summed E-state index contributed by atoms with van der Waals surface area (Å²) in [7, 11) is 0. The third-order valence-corrected chi connectivity index (χ3v) is 4.23. The molecule has 0 aromatic heterocycles. The van der Waals surface area contributed by atoms with E-state index in [2.05, 4.69) is 27.9 Å². The van der Waals surface area contributed by atoms with E-state index in [1.807, 2.05) is 45.0 Å². The fourth-order valence-electron chi connectivity index (χ4n) is 2.46. The topological polar surface area (TPSA) is 58.6 Å². The van der Waals surface area contributed by atoms with Crippen molar-refractivity contribution in [2.75, 3.05) is 13.1 Å². The standard InChI is InChI=1S/C17H23IN2O3/c1-17(2,3)23-16(22)20-10-4-5-14(11-20)19-15(21)12-6-8-13(18)9-7-12/h6-9,14H,4-5,10-11H2,1-3H3,(H,19,21). The maximum Gasteiger partial charge on any atom is 0.410 e. The summed E-state index contributed by atoms with van der Waals surface area (Å²) >= 11 is 2.21. The van der Waals surface area contributed by atoms with Gasteiger partial charge < -0.3 is 15.0 Å². The van der Waals surface area contributed by atoms with Crippen LogP contribution in [0.1, 0.15) is 44.0 Å². The van der Waals surface area contributed by atoms with Gasteiger partial charge in [-0.2, -0.15) is 0 Å². The number of halogens is 1. The van der Waals surface area contributed by atoms with E-state index < -0.39 is 5.60 Å². The number of piperidine rings is 1. The molecule has 1 saturated heterocycles. The number of nitrogens with zero attached hydrogens (tertiary/aromatic N) is 1. The van der Waals surface area contributed by atoms with Crippen molar-refractivity contribution in [1.82, 2.24) is 10.2 Å². The van der Waals surface area contributed by atoms with Crippen LogP contribution in [0.25, 0.3) is 0 Å². The molecule has 5 nitrogen and oxygen atoms in total. The van der Waals surface area contributed by atoms with Crippen molar-refractivity contribution in [2.45, 2.75) is 45.3 Å². The molecule has 1 aliphatic rings. The number of ether oxygens (including phenoxy) is 1. The monoisotopic (exact) mass is 430 g/mol. The first kappa shape index (κ1) is 18.0. The van der Waals surface area contributed by atoms with Crippen LogP contribution < -0.4 is 5.32 Å². The number of hydrogen-bond acceptors (Lipinski definition) is 3. The molecule has 0 radical (unpaired) electrons. The summed E-state index contributed by atoms with van der Waals surface area (Å²) in [4.78, 5) is 26.1. The second kappa shape index (κ2) is 7.51. The molecule has 23 heavy (non-hydrogen) atoms. The first-order chi connectivity index (χ1) is 10.7. The van der Waals surface area contributed by atoms with Crippen LogP contribution in [-0.2, 0) is 4.74 Å². The van der Waals surface area contributed by atoms with Crippen molar-refractivity contribution < 1.29 is 14.3 Å². The summed E-state index contributed by atoms with van der Waals surface area (Å²) in [5, 5.41) is 3.01. The fourth-order valence-corrected chi connectivity index (χ4v) is 2.82. The number of likely N-dealkylation sites (tertiary alicyclic amines) is 1. The van der Waals surface area contributed by atoms with Crippen LogP contribution in [0, 0.1) is 3.57 Å². The molecule has 1 aromatic rings. The molecule has 2 rings (SSSR count). The van der Waals surface area contributed by atoms with Crippen molar-refractivity contribution in [3.8, 4) is 0 Å². The Kier molecular flexibility index (Phi) is 5.89. The van der Waals surface area contributed by atoms with Gasteiger partial charge in [0.15, 0.2) is 0 Å². The summed E-state index contributed by atoms with van der Waals surface area (Å²) in [5.41, 5.74) is 0.133. The highest BCUT2D eigenvalue weighted by molar-refractivity contribution is 14.1. The number of carbonyl (C=O) groups excluding carboxylic acids is 2. The van der Waals surface area contributed by atoms with Gasteiger partial charge in [-0.25, -0.2) is 4.79 Å². The summed E-state index contributed by atoms with van der Waals surface area (Å²) < 4.78 is 6.49. The normalized spacial score (nSPS) is 18.4. The van der Waals surface area contributed by atoms with Crippen molar-refractivity contribution in [3.63, 3.8) is 0 Å². The van der Waals surface area contributed by atoms with Gasteiger partial charge in [0, 0.05) is 28.3 Å². The second-order valence-corrected chi connectivity index (χ2v) is 7.99. The van der Waals surface area contributed by atoms with Gasteiger partial charge in [-0.05, 0) is 80.5 Å². The molecule has 126 valence electrons. The van der Waals surface area contributed by atoms with E-state index in [-0.39, 0.29) is 18.0 Å². The third kappa shape index (κ3) is 5.67. The smallest absolute Gasteiger partial charge is 0.410 e. The Hall–Kier alpha value is -1.31. The Labute approximate surface area is 150 Å². The van der Waals surface area contributed by atoms with E-state index in [4.69, 9.17) is 4.74 Å². The van der Waals surface area contributed by atoms with Crippen LogP contribution in [0.3, 0.4) is 0 Å². The van der Waals surface area contributed by atoms with Crippen molar-refractivity contribution >= 4 is 34.6 Å². The number of carbonyl (C=O) groups is 2. The van der Waals surface area contributed by atoms with Gasteiger partial charge in [-0.15, -0.1) is 0 Å². The Morgan fingerprint density at radius 1 is 1.26 bits per heavy atom. The van der Waals surface area contributed by atoms with Gasteiger partial charge in [0.05, 0.1) is 0 Å². The zero-order chi connectivity index (χ0) is 17.0. The van der Waals surface area contributed by atoms with E-state index in [1.54, 1.807) is 4.90 Å². The summed E-state index contributed by atoms with van der Waals surface area (Å²) in [6.07, 6.45) is 1.41. The summed E-state index contributed by atoms with van der Waals surface area (Å²) in [6.45, 7) is 6.72. The molecule has 2 amide bonds. The highest BCUT2D eigenvalue weighted by atomic mass is 127. The van der Waals surface area contributed by atoms with Gasteiger partial charge in [0.25, 0.3) is 5.91 Å². The lowest BCUT2D eigenvalue weighted by atomic mass is 10.1. The lowest BCUT2D eigenvalue weighted by molar-refractivity contribution is 0.0185. The van der Waals surface area contributed by atoms with Crippen LogP contribution in [0.2, 0.25) is 0 Å². The molecule has 1 heterocycles. The molecular weight excluding hydrogens is 407 g/mol. The van der Waals surface area contributed by atoms with Gasteiger partial charge in [0.2, 0.25) is 0 Å². The average Bonchev–Trinajstić information content (AvgIpc) is 2.46. The minimum absolute atomic E-state index is 0.0388. The molecule has 1 unspecified atom stereocenters. The fraction of sp³-hybridized carbons (Fsp3) is 0.529. The number of amides is 2. The average molecular weight is 430 g/mol. The molecule has 1 aliphatic heterocycles. The summed E-state index contributed by atoms with van der Waals surface area (Å²) in [6, 6.07) is 7.40. The minimum Gasteiger partial charge on any atom is -0.444 e. The van der Waals surface area contributed by atoms with Crippen molar-refractivity contribution in [3.05, 3.63) is 33.4 Å². The van der Waals surface area contributed by atoms with Gasteiger partial charge in [-0.1, -0.05) is 0 Å². The highest BCUT2D eigenvalue weighted by Gasteiger charge is 2.28. The number of hydrogen-bond donors (Lipinski definition) is 1. The molecular formula is C17H23IN2O3. The van der Waals surface area contributed by atoms with Crippen molar-refractivity contribution in [1.29, 1.82) is 0 Å². The Bertz CT molecular complexity index is 566. The van der Waals surface area contributed by atoms with Gasteiger partial charge in [-0.3, -0.25) is 4.79 Å². The van der Waals surface area contributed by atoms with Crippen LogP contribution in [-0.4, -0.2) is 41.6 Å². The third-order valence-electron chi connectivity index (χ3n) is 3.51. The molecule has 0 aliphatic carbocycles. The predicted molar refractivity (Wildman–Crippen MR) is 97.5 cm³/mol. The Balaban J connectivity index is 1.92. The quantitative estimate of drug-likeness (QED) is 0.732. The van der Waals surface area contributed by atoms with Crippen LogP contribution in [0.5, 0.6) is 0 Å². The maximum atomic E-state index is 12.3. The zero-order valence-corrected chi connectivity index (χ0v) is 15.9. The van der Waals surface area contributed by atoms with Gasteiger partial charge in [0.1, 0.15) is 5.60 Å². The van der Waals surface area contributed by atoms with E-state index in [9.17, 15) is 9.59 Å². The van der Waals surface area contributed by atoms with E-state index in [0.717, 1.165) is 16.4 Å². The Morgan fingerprint density at radius 2 is 1.91 bits per heavy atom. The molecule has 1 fully saturated rings. The second-order valence-electron chi connectivity index (χ2n) is 6.75. The van der Waals surface area contributed by atoms with Crippen LogP contribution in [0.4, 0.5) is 4.79 Å². The Morgan fingerprint density at radius 3 is 2.52 bits per heavy atom. The van der Waals surface area contributed by atoms with Gasteiger partial charge >= 0.3 is 6.09 Å². The largest absolute Gasteiger partial charge is 0.444 e. The van der Waals surface area contributed by atoms with Crippen LogP contribution >= 0.6 is 22.6 Å². The van der Waals surface area contributed by atoms with E-state index >= 15 is 0 Å². The lowest BCUT2D eigenvalue weighted by Gasteiger charge is -2.34. The molecule has 0 bridgehead atoms. The molecule has 0 spiro atoms. The molecule has 0 saturated carbocycles. The molecule has 1 N–H and O–H groups in total. The first-order valence-corrected chi connectivity index (χ1v) is 8.87. The lowest BCUT2D eigenvalue weighted by Crippen LogP contribution is -2.50. The number of benzene rings is 1. The zero-order valence-electron chi connectivity index (χ0n) is 13.8. The molecule has 1 atom stereocenters. The first-order valence-electron chi connectivity index (χ1n) is 7.79. The van der Waals surface area contributed by atoms with E-state index in [0.29, 0.717) is 18.7 Å². The highest BCUT2D eigenvalue weighted by Crippen LogP contribution is 2.16. The minimum atomic E-state index is -0.505. The molecule has 6 heteroatoms. The van der Waals surface area contributed by atoms with Crippen LogP contribution in [0.15, 0.2) is 24.3 Å². The SMILES string of the molecule is CC(C)(C)OC(=O)N1CCCC(NC(=O)c2ccc(I)cc2)C1. The predicted octanol–water partition coefficient (Wildman–Crippen LogP) is 3.42. The summed E-state index contributed by atoms with van der Waals surface area (Å²) in [5.74, 6) is -0.0996. The van der Waals surface area contributed by atoms with E-state index in [1.165, 1.54) is 0 Å². The van der Waals surface area contributed by atoms with Crippen molar-refractivity contribution in [2.24, 2.45) is 0 Å². The molecule has 1 aromatic carbocycles. The number of rotatable bonds is 2. The maximum absolute atomic E-state index is 12.3. The number of nitrogens with one attached hydrogen (secondary N) is 1.